The first-order valence-electron chi connectivity index (χ1n) is 7.97. The molecule has 7 heteroatoms. The molecule has 1 aromatic carbocycles. The van der Waals surface area contributed by atoms with Crippen molar-refractivity contribution in [2.75, 3.05) is 32.1 Å². The fraction of sp³-hybridized carbons (Fsp3) is 0.471. The van der Waals surface area contributed by atoms with Gasteiger partial charge in [0.05, 0.1) is 20.2 Å². The van der Waals surface area contributed by atoms with Gasteiger partial charge in [0.15, 0.2) is 12.6 Å². The van der Waals surface area contributed by atoms with Crippen molar-refractivity contribution in [3.63, 3.8) is 0 Å². The minimum atomic E-state index is -0.602. The summed E-state index contributed by atoms with van der Waals surface area (Å²) < 4.78 is 4.65. The molecule has 2 atom stereocenters. The third kappa shape index (κ3) is 4.32. The maximum Gasteiger partial charge on any atom is 0.312 e. The van der Waals surface area contributed by atoms with E-state index in [1.165, 1.54) is 7.11 Å². The molecule has 1 heterocycles. The van der Waals surface area contributed by atoms with Crippen molar-refractivity contribution in [2.45, 2.75) is 26.3 Å². The number of hydrogen-bond donors (Lipinski definition) is 3. The Labute approximate surface area is 141 Å². The molecule has 0 saturated carbocycles. The molecule has 0 spiro atoms. The number of hydrogen-bond acceptors (Lipinski definition) is 4. The Morgan fingerprint density at radius 3 is 2.62 bits per heavy atom. The Kier molecular flexibility index (Phi) is 5.92. The van der Waals surface area contributed by atoms with E-state index in [-0.39, 0.29) is 24.8 Å². The number of esters is 1. The van der Waals surface area contributed by atoms with E-state index in [0.717, 1.165) is 21.7 Å². The molecule has 1 aromatic rings. The summed E-state index contributed by atoms with van der Waals surface area (Å²) in [5.41, 5.74) is 2.77. The van der Waals surface area contributed by atoms with Gasteiger partial charge in [-0.2, -0.15) is 0 Å². The molecule has 3 N–H and O–H groups in total. The SMILES string of the molecule is COC(=O)C[C@@H]1C(=O)NCC[NH+]1CC(=O)Nc1c(C)cccc1C. The lowest BCUT2D eigenvalue weighted by Crippen LogP contribution is -3.20. The number of ether oxygens (including phenoxy) is 1. The quantitative estimate of drug-likeness (QED) is 0.615. The second-order valence-corrected chi connectivity index (χ2v) is 6.02. The number of piperazine rings is 1. The van der Waals surface area contributed by atoms with Crippen molar-refractivity contribution in [3.8, 4) is 0 Å². The molecule has 1 saturated heterocycles. The molecule has 0 aliphatic carbocycles. The lowest BCUT2D eigenvalue weighted by molar-refractivity contribution is -0.909. The number of carbonyl (C=O) groups is 3. The topological polar surface area (TPSA) is 88.9 Å². The fourth-order valence-electron chi connectivity index (χ4n) is 2.93. The third-order valence-corrected chi connectivity index (χ3v) is 4.29. The van der Waals surface area contributed by atoms with Crippen LogP contribution in [0.5, 0.6) is 0 Å². The van der Waals surface area contributed by atoms with Crippen LogP contribution < -0.4 is 15.5 Å². The van der Waals surface area contributed by atoms with Crippen LogP contribution in [0.2, 0.25) is 0 Å². The third-order valence-electron chi connectivity index (χ3n) is 4.29. The van der Waals surface area contributed by atoms with E-state index in [2.05, 4.69) is 15.4 Å². The largest absolute Gasteiger partial charge is 0.469 e. The summed E-state index contributed by atoms with van der Waals surface area (Å²) in [6.07, 6.45) is -0.0334. The number of methoxy groups -OCH3 is 1. The molecule has 0 aromatic heterocycles. The average Bonchev–Trinajstić information content (AvgIpc) is 2.54. The van der Waals surface area contributed by atoms with Gasteiger partial charge in [0.1, 0.15) is 6.42 Å². The number of para-hydroxylation sites is 1. The molecule has 1 unspecified atom stereocenters. The molecule has 0 bridgehead atoms. The molecule has 2 rings (SSSR count). The maximum absolute atomic E-state index is 12.4. The Morgan fingerprint density at radius 2 is 2.00 bits per heavy atom. The van der Waals surface area contributed by atoms with Gasteiger partial charge in [0, 0.05) is 5.69 Å². The van der Waals surface area contributed by atoms with Gasteiger partial charge < -0.3 is 20.3 Å². The van der Waals surface area contributed by atoms with E-state index in [9.17, 15) is 14.4 Å². The normalized spacial score (nSPS) is 20.2. The summed E-state index contributed by atoms with van der Waals surface area (Å²) in [6.45, 7) is 5.08. The van der Waals surface area contributed by atoms with Crippen molar-refractivity contribution in [1.82, 2.24) is 5.32 Å². The number of nitrogens with one attached hydrogen (secondary N) is 3. The summed E-state index contributed by atoms with van der Waals surface area (Å²) >= 11 is 0. The monoisotopic (exact) mass is 334 g/mol. The van der Waals surface area contributed by atoms with E-state index in [4.69, 9.17) is 0 Å². The van der Waals surface area contributed by atoms with Gasteiger partial charge in [0.25, 0.3) is 11.8 Å². The second-order valence-electron chi connectivity index (χ2n) is 6.02. The van der Waals surface area contributed by atoms with Gasteiger partial charge in [-0.15, -0.1) is 0 Å². The summed E-state index contributed by atoms with van der Waals surface area (Å²) in [5.74, 6) is -0.849. The second kappa shape index (κ2) is 7.92. The summed E-state index contributed by atoms with van der Waals surface area (Å²) in [6, 6.07) is 5.20. The van der Waals surface area contributed by atoms with Crippen LogP contribution >= 0.6 is 0 Å². The fourth-order valence-corrected chi connectivity index (χ4v) is 2.93. The lowest BCUT2D eigenvalue weighted by Gasteiger charge is -2.30. The van der Waals surface area contributed by atoms with Crippen LogP contribution in [0.3, 0.4) is 0 Å². The van der Waals surface area contributed by atoms with Gasteiger partial charge in [-0.3, -0.25) is 14.4 Å². The van der Waals surface area contributed by atoms with Gasteiger partial charge in [0.2, 0.25) is 0 Å². The zero-order chi connectivity index (χ0) is 17.7. The van der Waals surface area contributed by atoms with Gasteiger partial charge >= 0.3 is 5.97 Å². The van der Waals surface area contributed by atoms with Crippen LogP contribution in [-0.4, -0.2) is 50.6 Å². The smallest absolute Gasteiger partial charge is 0.312 e. The molecule has 7 nitrogen and oxygen atoms in total. The van der Waals surface area contributed by atoms with Crippen LogP contribution in [0.25, 0.3) is 0 Å². The highest BCUT2D eigenvalue weighted by atomic mass is 16.5. The highest BCUT2D eigenvalue weighted by Crippen LogP contribution is 2.18. The molecule has 1 aliphatic rings. The van der Waals surface area contributed by atoms with E-state index in [0.29, 0.717) is 13.1 Å². The van der Waals surface area contributed by atoms with Crippen molar-refractivity contribution >= 4 is 23.5 Å². The van der Waals surface area contributed by atoms with Crippen LogP contribution in [0.4, 0.5) is 5.69 Å². The molecule has 2 amide bonds. The minimum absolute atomic E-state index is 0.0334. The molecule has 1 fully saturated rings. The number of anilines is 1. The lowest BCUT2D eigenvalue weighted by atomic mass is 10.1. The van der Waals surface area contributed by atoms with Gasteiger partial charge in [-0.05, 0) is 25.0 Å². The van der Waals surface area contributed by atoms with E-state index in [1.54, 1.807) is 0 Å². The predicted molar refractivity (Wildman–Crippen MR) is 88.7 cm³/mol. The molecule has 24 heavy (non-hydrogen) atoms. The number of aryl methyl sites for hydroxylation is 2. The standard InChI is InChI=1S/C17H23N3O4/c1-11-5-4-6-12(2)16(11)19-14(21)10-20-8-7-18-17(23)13(20)9-15(22)24-3/h4-6,13H,7-10H2,1-3H3,(H,18,23)(H,19,21)/p+1/t13-/m1/s1. The van der Waals surface area contributed by atoms with Crippen LogP contribution in [0.1, 0.15) is 17.5 Å². The number of carbonyl (C=O) groups excluding carboxylic acids is 3. The van der Waals surface area contributed by atoms with Crippen LogP contribution in [0, 0.1) is 13.8 Å². The highest BCUT2D eigenvalue weighted by Gasteiger charge is 2.36. The van der Waals surface area contributed by atoms with E-state index >= 15 is 0 Å². The number of amides is 2. The zero-order valence-electron chi connectivity index (χ0n) is 14.3. The molecule has 1 aliphatic heterocycles. The zero-order valence-corrected chi connectivity index (χ0v) is 14.3. The number of rotatable bonds is 5. The first-order chi connectivity index (χ1) is 11.4. The van der Waals surface area contributed by atoms with Crippen molar-refractivity contribution in [3.05, 3.63) is 29.3 Å². The molecule has 0 radical (unpaired) electrons. The van der Waals surface area contributed by atoms with Crippen molar-refractivity contribution < 1.29 is 24.0 Å². The van der Waals surface area contributed by atoms with Crippen LogP contribution in [-0.2, 0) is 19.1 Å². The Bertz CT molecular complexity index is 624. The first-order valence-corrected chi connectivity index (χ1v) is 7.97. The average molecular weight is 334 g/mol. The van der Waals surface area contributed by atoms with E-state index < -0.39 is 12.0 Å². The number of quaternary nitrogens is 1. The van der Waals surface area contributed by atoms with Crippen molar-refractivity contribution in [2.24, 2.45) is 0 Å². The molecular weight excluding hydrogens is 310 g/mol. The van der Waals surface area contributed by atoms with Gasteiger partial charge in [-0.1, -0.05) is 18.2 Å². The Balaban J connectivity index is 2.05. The van der Waals surface area contributed by atoms with Crippen molar-refractivity contribution in [1.29, 1.82) is 0 Å². The Morgan fingerprint density at radius 1 is 1.33 bits per heavy atom. The van der Waals surface area contributed by atoms with Crippen LogP contribution in [0.15, 0.2) is 18.2 Å². The van der Waals surface area contributed by atoms with E-state index in [1.807, 2.05) is 32.0 Å². The molecule has 130 valence electrons. The van der Waals surface area contributed by atoms with Gasteiger partial charge in [-0.25, -0.2) is 0 Å². The summed E-state index contributed by atoms with van der Waals surface area (Å²) in [5, 5.41) is 5.65. The summed E-state index contributed by atoms with van der Waals surface area (Å²) in [4.78, 5) is 36.7. The highest BCUT2D eigenvalue weighted by molar-refractivity contribution is 5.93. The first kappa shape index (κ1) is 17.9. The predicted octanol–water partition coefficient (Wildman–Crippen LogP) is -0.812. The number of benzene rings is 1. The maximum atomic E-state index is 12.4. The molecular formula is C17H24N3O4+. The Hall–Kier alpha value is -2.41. The minimum Gasteiger partial charge on any atom is -0.469 e. The summed E-state index contributed by atoms with van der Waals surface area (Å²) in [7, 11) is 1.29.